The second kappa shape index (κ2) is 3.94. The Kier molecular flexibility index (Phi) is 2.90. The fourth-order valence-corrected chi connectivity index (χ4v) is 1.36. The Balaban J connectivity index is 2.34. The van der Waals surface area contributed by atoms with E-state index in [4.69, 9.17) is 10.9 Å². The van der Waals surface area contributed by atoms with Gasteiger partial charge < -0.3 is 15.8 Å². The Labute approximate surface area is 70.8 Å². The highest BCUT2D eigenvalue weighted by Crippen LogP contribution is 2.15. The van der Waals surface area contributed by atoms with Crippen molar-refractivity contribution in [1.29, 1.82) is 0 Å². The largest absolute Gasteiger partial charge is 0.481 e. The van der Waals surface area contributed by atoms with Gasteiger partial charge in [0.2, 0.25) is 0 Å². The van der Waals surface area contributed by atoms with Crippen molar-refractivity contribution in [1.82, 2.24) is 4.90 Å². The number of carboxylic acid groups (broad SMARTS) is 1. The van der Waals surface area contributed by atoms with Crippen LogP contribution in [0.3, 0.4) is 0 Å². The first-order valence-corrected chi connectivity index (χ1v) is 3.94. The molecule has 12 heavy (non-hydrogen) atoms. The maximum absolute atomic E-state index is 10.5. The molecule has 0 aromatic rings. The molecule has 68 valence electrons. The summed E-state index contributed by atoms with van der Waals surface area (Å²) in [4.78, 5) is 12.5. The van der Waals surface area contributed by atoms with Gasteiger partial charge in [-0.1, -0.05) is 0 Å². The summed E-state index contributed by atoms with van der Waals surface area (Å²) in [6.07, 6.45) is 2.92. The van der Waals surface area contributed by atoms with E-state index in [0.717, 1.165) is 13.1 Å². The van der Waals surface area contributed by atoms with E-state index in [2.05, 4.69) is 5.10 Å². The quantitative estimate of drug-likeness (QED) is 0.258. The number of rotatable bonds is 2. The fraction of sp³-hybridized carbons (Fsp3) is 0.714. The third-order valence-electron chi connectivity index (χ3n) is 2.11. The van der Waals surface area contributed by atoms with Crippen molar-refractivity contribution < 1.29 is 9.90 Å². The predicted octanol–water partition coefficient (Wildman–Crippen LogP) is -0.315. The highest BCUT2D eigenvalue weighted by Gasteiger charge is 2.22. The third-order valence-corrected chi connectivity index (χ3v) is 2.11. The average Bonchev–Trinajstić information content (AvgIpc) is 2.06. The van der Waals surface area contributed by atoms with Crippen LogP contribution in [-0.2, 0) is 4.79 Å². The van der Waals surface area contributed by atoms with Crippen LogP contribution in [0, 0.1) is 5.92 Å². The van der Waals surface area contributed by atoms with Crippen LogP contribution in [0.2, 0.25) is 0 Å². The van der Waals surface area contributed by atoms with Crippen LogP contribution >= 0.6 is 0 Å². The molecule has 0 aromatic heterocycles. The maximum atomic E-state index is 10.5. The number of hydrogen-bond donors (Lipinski definition) is 2. The standard InChI is InChI=1S/C7H13N3O2/c8-9-5-10-3-1-6(2-4-10)7(11)12/h5-6H,1-4,8H2,(H,11,12)/b9-5+. The monoisotopic (exact) mass is 171 g/mol. The minimum absolute atomic E-state index is 0.188. The molecule has 0 amide bonds. The molecule has 1 aliphatic heterocycles. The van der Waals surface area contributed by atoms with Crippen LogP contribution in [0.5, 0.6) is 0 Å². The van der Waals surface area contributed by atoms with Gasteiger partial charge in [0.1, 0.15) is 6.34 Å². The molecule has 0 atom stereocenters. The lowest BCUT2D eigenvalue weighted by Gasteiger charge is -2.27. The van der Waals surface area contributed by atoms with Gasteiger partial charge in [0, 0.05) is 13.1 Å². The number of likely N-dealkylation sites (tertiary alicyclic amines) is 1. The molecule has 1 aliphatic rings. The summed E-state index contributed by atoms with van der Waals surface area (Å²) < 4.78 is 0. The van der Waals surface area contributed by atoms with Crippen LogP contribution in [0.1, 0.15) is 12.8 Å². The summed E-state index contributed by atoms with van der Waals surface area (Å²) in [7, 11) is 0. The zero-order chi connectivity index (χ0) is 8.97. The summed E-state index contributed by atoms with van der Waals surface area (Å²) in [5.41, 5.74) is 0. The van der Waals surface area contributed by atoms with E-state index in [9.17, 15) is 4.79 Å². The van der Waals surface area contributed by atoms with E-state index in [1.165, 1.54) is 0 Å². The first-order valence-electron chi connectivity index (χ1n) is 3.94. The molecule has 1 fully saturated rings. The van der Waals surface area contributed by atoms with Crippen LogP contribution < -0.4 is 5.84 Å². The lowest BCUT2D eigenvalue weighted by atomic mass is 9.98. The topological polar surface area (TPSA) is 78.9 Å². The Bertz CT molecular complexity index is 185. The normalized spacial score (nSPS) is 20.2. The van der Waals surface area contributed by atoms with E-state index in [1.807, 2.05) is 4.90 Å². The fourth-order valence-electron chi connectivity index (χ4n) is 1.36. The second-order valence-electron chi connectivity index (χ2n) is 2.91. The highest BCUT2D eigenvalue weighted by atomic mass is 16.4. The van der Waals surface area contributed by atoms with Gasteiger partial charge in [0.05, 0.1) is 5.92 Å². The van der Waals surface area contributed by atoms with Crippen molar-refractivity contribution in [3.8, 4) is 0 Å². The van der Waals surface area contributed by atoms with Crippen LogP contribution in [0.25, 0.3) is 0 Å². The van der Waals surface area contributed by atoms with Gasteiger partial charge in [-0.15, -0.1) is 0 Å². The summed E-state index contributed by atoms with van der Waals surface area (Å²) in [6, 6.07) is 0. The van der Waals surface area contributed by atoms with Crippen LogP contribution in [-0.4, -0.2) is 35.4 Å². The molecular formula is C7H13N3O2. The molecule has 1 heterocycles. The second-order valence-corrected chi connectivity index (χ2v) is 2.91. The van der Waals surface area contributed by atoms with Crippen LogP contribution in [0.4, 0.5) is 0 Å². The molecule has 0 saturated carbocycles. The molecule has 0 aromatic carbocycles. The zero-order valence-corrected chi connectivity index (χ0v) is 6.81. The average molecular weight is 171 g/mol. The molecule has 0 aliphatic carbocycles. The van der Waals surface area contributed by atoms with Gasteiger partial charge in [-0.25, -0.2) is 0 Å². The van der Waals surface area contributed by atoms with E-state index >= 15 is 0 Å². The molecule has 5 nitrogen and oxygen atoms in total. The van der Waals surface area contributed by atoms with E-state index in [1.54, 1.807) is 6.34 Å². The lowest BCUT2D eigenvalue weighted by molar-refractivity contribution is -0.142. The van der Waals surface area contributed by atoms with Gasteiger partial charge in [-0.2, -0.15) is 5.10 Å². The smallest absolute Gasteiger partial charge is 0.306 e. The van der Waals surface area contributed by atoms with E-state index in [-0.39, 0.29) is 5.92 Å². The van der Waals surface area contributed by atoms with Gasteiger partial charge in [0.15, 0.2) is 0 Å². The Morgan fingerprint density at radius 1 is 1.58 bits per heavy atom. The molecule has 0 spiro atoms. The van der Waals surface area contributed by atoms with Gasteiger partial charge in [-0.3, -0.25) is 4.79 Å². The number of hydrazone groups is 1. The molecule has 0 unspecified atom stereocenters. The number of nitrogens with zero attached hydrogens (tertiary/aromatic N) is 2. The Morgan fingerprint density at radius 2 is 2.17 bits per heavy atom. The van der Waals surface area contributed by atoms with Crippen molar-refractivity contribution >= 4 is 12.3 Å². The number of piperidine rings is 1. The Hall–Kier alpha value is -1.26. The van der Waals surface area contributed by atoms with Crippen molar-refractivity contribution in [3.63, 3.8) is 0 Å². The number of carboxylic acids is 1. The molecule has 0 radical (unpaired) electrons. The maximum Gasteiger partial charge on any atom is 0.306 e. The predicted molar refractivity (Wildman–Crippen MR) is 44.6 cm³/mol. The van der Waals surface area contributed by atoms with Crippen molar-refractivity contribution in [3.05, 3.63) is 0 Å². The molecule has 1 saturated heterocycles. The minimum Gasteiger partial charge on any atom is -0.481 e. The van der Waals surface area contributed by atoms with E-state index < -0.39 is 5.97 Å². The number of nitrogens with two attached hydrogens (primary N) is 1. The SMILES string of the molecule is N/N=C/N1CCC(C(=O)O)CC1. The number of carbonyl (C=O) groups is 1. The van der Waals surface area contributed by atoms with Gasteiger partial charge >= 0.3 is 5.97 Å². The number of aliphatic carboxylic acids is 1. The first kappa shape index (κ1) is 8.83. The molecule has 1 rings (SSSR count). The summed E-state index contributed by atoms with van der Waals surface area (Å²) in [5.74, 6) is 4.08. The molecule has 0 bridgehead atoms. The summed E-state index contributed by atoms with van der Waals surface area (Å²) in [6.45, 7) is 1.47. The highest BCUT2D eigenvalue weighted by molar-refractivity contribution is 5.70. The van der Waals surface area contributed by atoms with Crippen molar-refractivity contribution in [2.45, 2.75) is 12.8 Å². The molecule has 3 N–H and O–H groups in total. The van der Waals surface area contributed by atoms with Crippen LogP contribution in [0.15, 0.2) is 5.10 Å². The minimum atomic E-state index is -0.695. The van der Waals surface area contributed by atoms with Crippen molar-refractivity contribution in [2.75, 3.05) is 13.1 Å². The zero-order valence-electron chi connectivity index (χ0n) is 6.81. The lowest BCUT2D eigenvalue weighted by Crippen LogP contribution is -2.35. The van der Waals surface area contributed by atoms with Gasteiger partial charge in [-0.05, 0) is 12.8 Å². The number of hydrogen-bond acceptors (Lipinski definition) is 3. The molecule has 5 heteroatoms. The summed E-state index contributed by atoms with van der Waals surface area (Å²) >= 11 is 0. The Morgan fingerprint density at radius 3 is 2.58 bits per heavy atom. The van der Waals surface area contributed by atoms with E-state index in [0.29, 0.717) is 12.8 Å². The third kappa shape index (κ3) is 2.11. The molecular weight excluding hydrogens is 158 g/mol. The summed E-state index contributed by atoms with van der Waals surface area (Å²) in [5, 5.41) is 12.1. The van der Waals surface area contributed by atoms with Gasteiger partial charge in [0.25, 0.3) is 0 Å². The first-order chi connectivity index (χ1) is 5.74. The van der Waals surface area contributed by atoms with Crippen molar-refractivity contribution in [2.24, 2.45) is 16.9 Å².